The van der Waals surface area contributed by atoms with Gasteiger partial charge in [-0.25, -0.2) is 0 Å². The Morgan fingerprint density at radius 1 is 1.03 bits per heavy atom. The minimum atomic E-state index is -4.67. The number of carbonyl (C=O) groups is 1. The molecular weight excluding hydrogens is 504 g/mol. The Balaban J connectivity index is 1.61. The van der Waals surface area contributed by atoms with Gasteiger partial charge in [0.05, 0.1) is 5.56 Å². The molecular formula is C24H32F3IO2. The van der Waals surface area contributed by atoms with Gasteiger partial charge in [-0.3, -0.25) is 4.79 Å². The molecule has 1 aromatic carbocycles. The number of phenolic OH excluding ortho intramolecular Hbond substituents is 1. The molecule has 0 saturated heterocycles. The molecule has 2 fully saturated rings. The monoisotopic (exact) mass is 536 g/mol. The topological polar surface area (TPSA) is 37.3 Å². The van der Waals surface area contributed by atoms with Crippen LogP contribution in [0.1, 0.15) is 92.6 Å². The van der Waals surface area contributed by atoms with Crippen molar-refractivity contribution in [2.45, 2.75) is 87.7 Å². The number of aromatic hydroxyl groups is 1. The van der Waals surface area contributed by atoms with Crippen LogP contribution in [0.4, 0.5) is 13.2 Å². The third kappa shape index (κ3) is 5.71. The highest BCUT2D eigenvalue weighted by Gasteiger charge is 2.38. The first-order valence-electron chi connectivity index (χ1n) is 11.3. The molecule has 168 valence electrons. The molecule has 0 bridgehead atoms. The molecule has 2 aliphatic carbocycles. The normalized spacial score (nSPS) is 27.8. The van der Waals surface area contributed by atoms with Gasteiger partial charge in [0.15, 0.2) is 5.78 Å². The second-order valence-corrected chi connectivity index (χ2v) is 10.9. The number of hydrogen-bond acceptors (Lipinski definition) is 2. The van der Waals surface area contributed by atoms with Crippen molar-refractivity contribution in [3.63, 3.8) is 0 Å². The van der Waals surface area contributed by atoms with Gasteiger partial charge in [-0.05, 0) is 80.8 Å². The Hall–Kier alpha value is -0.790. The average Bonchev–Trinajstić information content (AvgIpc) is 2.71. The fraction of sp³-hybridized carbons (Fsp3) is 0.708. The lowest BCUT2D eigenvalue weighted by atomic mass is 9.70. The van der Waals surface area contributed by atoms with Gasteiger partial charge < -0.3 is 5.11 Å². The molecule has 0 spiro atoms. The first-order valence-corrected chi connectivity index (χ1v) is 12.5. The Morgan fingerprint density at radius 3 is 2.13 bits per heavy atom. The zero-order valence-corrected chi connectivity index (χ0v) is 19.8. The molecule has 2 saturated carbocycles. The molecule has 2 nitrogen and oxygen atoms in total. The number of carbonyl (C=O) groups excluding carboxylic acids is 1. The van der Waals surface area contributed by atoms with Crippen molar-refractivity contribution in [2.75, 3.05) is 0 Å². The number of Topliss-reactive ketones (excluding diaryl/α,β-unsaturated/α-hetero) is 1. The third-order valence-electron chi connectivity index (χ3n) is 7.25. The van der Waals surface area contributed by atoms with E-state index in [4.69, 9.17) is 0 Å². The molecule has 0 amide bonds. The fourth-order valence-electron chi connectivity index (χ4n) is 5.43. The molecule has 0 heterocycles. The number of benzene rings is 1. The van der Waals surface area contributed by atoms with Crippen LogP contribution in [0.15, 0.2) is 12.1 Å². The Kier molecular flexibility index (Phi) is 8.13. The molecule has 2 aliphatic rings. The van der Waals surface area contributed by atoms with Gasteiger partial charge in [-0.1, -0.05) is 48.4 Å². The SMILES string of the molecule is CCC(=O)c1ccc(CCC2CCC(C3CCC(I)CC3)CC2)c(C(F)(F)F)c1O. The molecule has 30 heavy (non-hydrogen) atoms. The predicted molar refractivity (Wildman–Crippen MR) is 121 cm³/mol. The minimum absolute atomic E-state index is 0.0624. The summed E-state index contributed by atoms with van der Waals surface area (Å²) in [6.07, 6.45) is 6.28. The lowest BCUT2D eigenvalue weighted by molar-refractivity contribution is -0.139. The summed E-state index contributed by atoms with van der Waals surface area (Å²) in [6, 6.07) is 2.74. The lowest BCUT2D eigenvalue weighted by Crippen LogP contribution is -2.26. The number of alkyl halides is 4. The lowest BCUT2D eigenvalue weighted by Gasteiger charge is -2.37. The average molecular weight is 536 g/mol. The van der Waals surface area contributed by atoms with E-state index in [0.29, 0.717) is 12.3 Å². The number of hydrogen-bond donors (Lipinski definition) is 1. The summed E-state index contributed by atoms with van der Waals surface area (Å²) in [5.41, 5.74) is -1.14. The maximum absolute atomic E-state index is 13.6. The molecule has 0 aromatic heterocycles. The second-order valence-electron chi connectivity index (χ2n) is 9.10. The zero-order valence-electron chi connectivity index (χ0n) is 17.6. The van der Waals surface area contributed by atoms with Crippen LogP contribution in [0, 0.1) is 17.8 Å². The Labute approximate surface area is 191 Å². The molecule has 0 radical (unpaired) electrons. The van der Waals surface area contributed by atoms with Crippen molar-refractivity contribution in [3.05, 3.63) is 28.8 Å². The van der Waals surface area contributed by atoms with Crippen LogP contribution in [0.2, 0.25) is 0 Å². The van der Waals surface area contributed by atoms with Crippen LogP contribution in [0.25, 0.3) is 0 Å². The Bertz CT molecular complexity index is 731. The summed E-state index contributed by atoms with van der Waals surface area (Å²) in [5.74, 6) is 0.705. The summed E-state index contributed by atoms with van der Waals surface area (Å²) in [6.45, 7) is 1.58. The van der Waals surface area contributed by atoms with Crippen molar-refractivity contribution in [2.24, 2.45) is 17.8 Å². The summed E-state index contributed by atoms with van der Waals surface area (Å²) in [7, 11) is 0. The quantitative estimate of drug-likeness (QED) is 0.230. The van der Waals surface area contributed by atoms with Gasteiger partial charge in [0.2, 0.25) is 0 Å². The van der Waals surface area contributed by atoms with Crippen LogP contribution in [0.3, 0.4) is 0 Å². The van der Waals surface area contributed by atoms with Gasteiger partial charge in [-0.15, -0.1) is 0 Å². The highest BCUT2D eigenvalue weighted by Crippen LogP contribution is 2.44. The maximum Gasteiger partial charge on any atom is 0.420 e. The predicted octanol–water partition coefficient (Wildman–Crippen LogP) is 7.74. The number of ketones is 1. The van der Waals surface area contributed by atoms with E-state index in [1.807, 2.05) is 0 Å². The molecule has 0 unspecified atom stereocenters. The van der Waals surface area contributed by atoms with E-state index in [1.165, 1.54) is 50.7 Å². The maximum atomic E-state index is 13.6. The van der Waals surface area contributed by atoms with Crippen LogP contribution in [0.5, 0.6) is 5.75 Å². The minimum Gasteiger partial charge on any atom is -0.507 e. The van der Waals surface area contributed by atoms with Gasteiger partial charge in [0.1, 0.15) is 11.3 Å². The van der Waals surface area contributed by atoms with E-state index in [0.717, 1.165) is 28.6 Å². The third-order valence-corrected chi connectivity index (χ3v) is 8.50. The van der Waals surface area contributed by atoms with Crippen LogP contribution in [-0.4, -0.2) is 14.8 Å². The van der Waals surface area contributed by atoms with Gasteiger partial charge in [-0.2, -0.15) is 13.2 Å². The summed E-state index contributed by atoms with van der Waals surface area (Å²) in [5, 5.41) is 10.2. The van der Waals surface area contributed by atoms with Crippen molar-refractivity contribution >= 4 is 28.4 Å². The smallest absolute Gasteiger partial charge is 0.420 e. The van der Waals surface area contributed by atoms with E-state index in [9.17, 15) is 23.1 Å². The van der Waals surface area contributed by atoms with Crippen molar-refractivity contribution in [1.82, 2.24) is 0 Å². The highest BCUT2D eigenvalue weighted by atomic mass is 127. The largest absolute Gasteiger partial charge is 0.507 e. The van der Waals surface area contributed by atoms with E-state index in [1.54, 1.807) is 6.92 Å². The van der Waals surface area contributed by atoms with Crippen molar-refractivity contribution in [3.8, 4) is 5.75 Å². The summed E-state index contributed by atoms with van der Waals surface area (Å²) in [4.78, 5) is 11.9. The van der Waals surface area contributed by atoms with Crippen LogP contribution in [-0.2, 0) is 12.6 Å². The summed E-state index contributed by atoms with van der Waals surface area (Å²) >= 11 is 2.56. The first kappa shape index (κ1) is 23.9. The summed E-state index contributed by atoms with van der Waals surface area (Å²) < 4.78 is 41.7. The zero-order chi connectivity index (χ0) is 21.9. The van der Waals surface area contributed by atoms with Gasteiger partial charge in [0, 0.05) is 10.3 Å². The highest BCUT2D eigenvalue weighted by molar-refractivity contribution is 14.1. The molecule has 0 atom stereocenters. The fourth-order valence-corrected chi connectivity index (χ4v) is 6.15. The molecule has 3 rings (SSSR count). The molecule has 1 N–H and O–H groups in total. The van der Waals surface area contributed by atoms with E-state index >= 15 is 0 Å². The number of rotatable bonds is 6. The van der Waals surface area contributed by atoms with E-state index in [-0.39, 0.29) is 24.0 Å². The van der Waals surface area contributed by atoms with Crippen LogP contribution < -0.4 is 0 Å². The molecule has 6 heteroatoms. The molecule has 0 aliphatic heterocycles. The van der Waals surface area contributed by atoms with E-state index < -0.39 is 23.3 Å². The second kappa shape index (κ2) is 10.2. The Morgan fingerprint density at radius 2 is 1.60 bits per heavy atom. The molecule has 1 aromatic rings. The van der Waals surface area contributed by atoms with Gasteiger partial charge >= 0.3 is 6.18 Å². The number of phenols is 1. The number of aryl methyl sites for hydroxylation is 1. The van der Waals surface area contributed by atoms with Gasteiger partial charge in [0.25, 0.3) is 0 Å². The number of halogens is 4. The standard InChI is InChI=1S/C24H32F3IO2/c1-2-21(29)20-14-11-18(22(23(20)30)24(25,26)27)8-5-15-3-6-16(7-4-15)17-9-12-19(28)13-10-17/h11,14-17,19,30H,2-10,12-13H2,1H3. The van der Waals surface area contributed by atoms with Crippen molar-refractivity contribution in [1.29, 1.82) is 0 Å². The van der Waals surface area contributed by atoms with Crippen LogP contribution >= 0.6 is 22.6 Å². The first-order chi connectivity index (χ1) is 14.2. The van der Waals surface area contributed by atoms with E-state index in [2.05, 4.69) is 22.6 Å². The van der Waals surface area contributed by atoms with Crippen molar-refractivity contribution < 1.29 is 23.1 Å².